The van der Waals surface area contributed by atoms with Crippen molar-refractivity contribution in [1.29, 1.82) is 0 Å². The number of hydrogen-bond donors (Lipinski definition) is 1. The molecule has 0 bridgehead atoms. The summed E-state index contributed by atoms with van der Waals surface area (Å²) >= 11 is 0. The maximum Gasteiger partial charge on any atom is 0.0703 e. The first-order chi connectivity index (χ1) is 9.91. The van der Waals surface area contributed by atoms with Crippen LogP contribution in [0.15, 0.2) is 0 Å². The van der Waals surface area contributed by atoms with E-state index in [1.165, 1.54) is 38.5 Å². The Morgan fingerprint density at radius 3 is 2.29 bits per heavy atom. The first kappa shape index (κ1) is 17.2. The quantitative estimate of drug-likeness (QED) is 0.845. The topological polar surface area (TPSA) is 38.5 Å². The predicted molar refractivity (Wildman–Crippen MR) is 89.4 cm³/mol. The molecule has 2 fully saturated rings. The monoisotopic (exact) mass is 296 g/mol. The fraction of sp³-hybridized carbons (Fsp3) is 1.00. The van der Waals surface area contributed by atoms with Gasteiger partial charge >= 0.3 is 0 Å². The predicted octanol–water partition coefficient (Wildman–Crippen LogP) is 3.42. The van der Waals surface area contributed by atoms with Crippen LogP contribution < -0.4 is 5.73 Å². The summed E-state index contributed by atoms with van der Waals surface area (Å²) in [7, 11) is 0. The van der Waals surface area contributed by atoms with Crippen molar-refractivity contribution in [2.45, 2.75) is 77.9 Å². The summed E-state index contributed by atoms with van der Waals surface area (Å²) in [5, 5.41) is 0. The molecule has 21 heavy (non-hydrogen) atoms. The Kier molecular flexibility index (Phi) is 5.72. The molecule has 1 saturated heterocycles. The van der Waals surface area contributed by atoms with E-state index in [2.05, 4.69) is 32.6 Å². The first-order valence-corrected chi connectivity index (χ1v) is 8.98. The standard InChI is InChI=1S/C18H36N2O/c1-5-20(13-16-7-6-12-21-16)18(14-19)10-8-15(9-11-18)17(2,3)4/h15-16H,5-14,19H2,1-4H3. The lowest BCUT2D eigenvalue weighted by atomic mass is 9.66. The van der Waals surface area contributed by atoms with Crippen LogP contribution in [0, 0.1) is 11.3 Å². The van der Waals surface area contributed by atoms with Gasteiger partial charge in [0.2, 0.25) is 0 Å². The Labute approximate surface area is 131 Å². The minimum Gasteiger partial charge on any atom is -0.377 e. The Hall–Kier alpha value is -0.120. The molecule has 124 valence electrons. The number of nitrogens with two attached hydrogens (primary N) is 1. The van der Waals surface area contributed by atoms with E-state index in [0.717, 1.165) is 32.2 Å². The molecule has 1 aliphatic carbocycles. The van der Waals surface area contributed by atoms with Crippen molar-refractivity contribution in [2.24, 2.45) is 17.1 Å². The van der Waals surface area contributed by atoms with Crippen molar-refractivity contribution in [3.8, 4) is 0 Å². The molecule has 0 radical (unpaired) electrons. The largest absolute Gasteiger partial charge is 0.377 e. The maximum absolute atomic E-state index is 6.26. The van der Waals surface area contributed by atoms with Crippen LogP contribution in [0.4, 0.5) is 0 Å². The molecule has 0 aromatic carbocycles. The average Bonchev–Trinajstić information content (AvgIpc) is 2.97. The molecule has 0 spiro atoms. The van der Waals surface area contributed by atoms with Gasteiger partial charge in [-0.05, 0) is 56.4 Å². The molecular weight excluding hydrogens is 260 g/mol. The number of nitrogens with zero attached hydrogens (tertiary/aromatic N) is 1. The van der Waals surface area contributed by atoms with Gasteiger partial charge in [0, 0.05) is 25.2 Å². The lowest BCUT2D eigenvalue weighted by Gasteiger charge is -2.50. The lowest BCUT2D eigenvalue weighted by Crippen LogP contribution is -2.58. The smallest absolute Gasteiger partial charge is 0.0703 e. The van der Waals surface area contributed by atoms with Crippen molar-refractivity contribution in [1.82, 2.24) is 4.90 Å². The zero-order valence-corrected chi connectivity index (χ0v) is 14.7. The summed E-state index contributed by atoms with van der Waals surface area (Å²) in [4.78, 5) is 2.64. The molecule has 3 heteroatoms. The average molecular weight is 296 g/mol. The van der Waals surface area contributed by atoms with E-state index in [4.69, 9.17) is 10.5 Å². The third kappa shape index (κ3) is 4.00. The maximum atomic E-state index is 6.26. The minimum atomic E-state index is 0.225. The van der Waals surface area contributed by atoms with Crippen molar-refractivity contribution in [3.63, 3.8) is 0 Å². The molecule has 3 nitrogen and oxygen atoms in total. The highest BCUT2D eigenvalue weighted by molar-refractivity contribution is 4.98. The summed E-state index contributed by atoms with van der Waals surface area (Å²) in [5.41, 5.74) is 6.92. The number of hydrogen-bond acceptors (Lipinski definition) is 3. The third-order valence-electron chi connectivity index (χ3n) is 6.02. The second-order valence-corrected chi connectivity index (χ2v) is 8.24. The fourth-order valence-electron chi connectivity index (χ4n) is 4.36. The minimum absolute atomic E-state index is 0.225. The highest BCUT2D eigenvalue weighted by Crippen LogP contribution is 2.43. The first-order valence-electron chi connectivity index (χ1n) is 8.98. The van der Waals surface area contributed by atoms with Gasteiger partial charge in [0.15, 0.2) is 0 Å². The summed E-state index contributed by atoms with van der Waals surface area (Å²) in [6.07, 6.45) is 8.04. The van der Waals surface area contributed by atoms with E-state index < -0.39 is 0 Å². The zero-order chi connectivity index (χ0) is 15.5. The van der Waals surface area contributed by atoms with E-state index in [0.29, 0.717) is 11.5 Å². The van der Waals surface area contributed by atoms with Crippen LogP contribution in [0.1, 0.15) is 66.2 Å². The SMILES string of the molecule is CCN(CC1CCCO1)C1(CN)CCC(C(C)(C)C)CC1. The Bertz CT molecular complexity index is 310. The molecule has 2 aliphatic rings. The second kappa shape index (κ2) is 6.97. The number of ether oxygens (including phenoxy) is 1. The van der Waals surface area contributed by atoms with Crippen LogP contribution in [0.5, 0.6) is 0 Å². The summed E-state index contributed by atoms with van der Waals surface area (Å²) < 4.78 is 5.86. The Morgan fingerprint density at radius 1 is 1.19 bits per heavy atom. The molecule has 1 atom stereocenters. The summed E-state index contributed by atoms with van der Waals surface area (Å²) in [6, 6.07) is 0. The van der Waals surface area contributed by atoms with Gasteiger partial charge in [0.05, 0.1) is 6.10 Å². The van der Waals surface area contributed by atoms with Gasteiger partial charge in [-0.15, -0.1) is 0 Å². The van der Waals surface area contributed by atoms with Crippen LogP contribution in [0.2, 0.25) is 0 Å². The number of likely N-dealkylation sites (N-methyl/N-ethyl adjacent to an activating group) is 1. The van der Waals surface area contributed by atoms with E-state index in [1.54, 1.807) is 0 Å². The normalized spacial score (nSPS) is 34.6. The molecule has 2 rings (SSSR count). The molecule has 0 amide bonds. The van der Waals surface area contributed by atoms with Gasteiger partial charge in [-0.2, -0.15) is 0 Å². The van der Waals surface area contributed by atoms with Crippen molar-refractivity contribution in [2.75, 3.05) is 26.2 Å². The molecule has 0 aromatic heterocycles. The van der Waals surface area contributed by atoms with Crippen LogP contribution in [-0.2, 0) is 4.74 Å². The van der Waals surface area contributed by atoms with Crippen LogP contribution in [0.3, 0.4) is 0 Å². The van der Waals surface area contributed by atoms with Gasteiger partial charge in [-0.3, -0.25) is 4.90 Å². The van der Waals surface area contributed by atoms with Gasteiger partial charge in [0.1, 0.15) is 0 Å². The molecule has 2 N–H and O–H groups in total. The molecule has 0 aromatic rings. The van der Waals surface area contributed by atoms with Gasteiger partial charge in [0.25, 0.3) is 0 Å². The molecule has 1 unspecified atom stereocenters. The highest BCUT2D eigenvalue weighted by atomic mass is 16.5. The summed E-state index contributed by atoms with van der Waals surface area (Å²) in [6.45, 7) is 13.4. The zero-order valence-electron chi connectivity index (χ0n) is 14.7. The second-order valence-electron chi connectivity index (χ2n) is 8.24. The van der Waals surface area contributed by atoms with E-state index in [1.807, 2.05) is 0 Å². The lowest BCUT2D eigenvalue weighted by molar-refractivity contribution is -0.0110. The molecule has 1 heterocycles. The van der Waals surface area contributed by atoms with E-state index in [-0.39, 0.29) is 5.54 Å². The molecule has 1 saturated carbocycles. The van der Waals surface area contributed by atoms with Gasteiger partial charge in [-0.1, -0.05) is 27.7 Å². The fourth-order valence-corrected chi connectivity index (χ4v) is 4.36. The Balaban J connectivity index is 1.99. The van der Waals surface area contributed by atoms with Crippen molar-refractivity contribution < 1.29 is 4.74 Å². The molecule has 1 aliphatic heterocycles. The highest BCUT2D eigenvalue weighted by Gasteiger charge is 2.42. The van der Waals surface area contributed by atoms with Gasteiger partial charge < -0.3 is 10.5 Å². The van der Waals surface area contributed by atoms with Crippen LogP contribution in [0.25, 0.3) is 0 Å². The van der Waals surface area contributed by atoms with Crippen LogP contribution in [-0.4, -0.2) is 42.8 Å². The van der Waals surface area contributed by atoms with Crippen LogP contribution >= 0.6 is 0 Å². The Morgan fingerprint density at radius 2 is 1.86 bits per heavy atom. The van der Waals surface area contributed by atoms with Crippen molar-refractivity contribution >= 4 is 0 Å². The van der Waals surface area contributed by atoms with E-state index in [9.17, 15) is 0 Å². The van der Waals surface area contributed by atoms with E-state index >= 15 is 0 Å². The summed E-state index contributed by atoms with van der Waals surface area (Å²) in [5.74, 6) is 0.846. The third-order valence-corrected chi connectivity index (χ3v) is 6.02. The van der Waals surface area contributed by atoms with Crippen molar-refractivity contribution in [3.05, 3.63) is 0 Å². The number of rotatable bonds is 5. The molecular formula is C18H36N2O. The van der Waals surface area contributed by atoms with Gasteiger partial charge in [-0.25, -0.2) is 0 Å².